The van der Waals surface area contributed by atoms with Gasteiger partial charge < -0.3 is 10.4 Å². The molecule has 5 nitrogen and oxygen atoms in total. The normalized spacial score (nSPS) is 12.6. The highest BCUT2D eigenvalue weighted by Crippen LogP contribution is 2.04. The van der Waals surface area contributed by atoms with E-state index in [1.165, 1.54) is 0 Å². The lowest BCUT2D eigenvalue weighted by Crippen LogP contribution is -2.39. The van der Waals surface area contributed by atoms with Crippen LogP contribution in [0.2, 0.25) is 0 Å². The molecule has 0 aromatic carbocycles. The highest BCUT2D eigenvalue weighted by atomic mass is 16.3. The number of hydrogen-bond donors (Lipinski definition) is 2. The van der Waals surface area contributed by atoms with Gasteiger partial charge >= 0.3 is 0 Å². The van der Waals surface area contributed by atoms with Gasteiger partial charge in [0.05, 0.1) is 12.2 Å². The van der Waals surface area contributed by atoms with Crippen molar-refractivity contribution in [2.24, 2.45) is 5.92 Å². The van der Waals surface area contributed by atoms with Gasteiger partial charge in [-0.3, -0.25) is 9.88 Å². The maximum atomic E-state index is 10.1. The third-order valence-electron chi connectivity index (χ3n) is 3.07. The van der Waals surface area contributed by atoms with Crippen LogP contribution in [0.3, 0.4) is 0 Å². The molecule has 5 heteroatoms. The average molecular weight is 290 g/mol. The monoisotopic (exact) mass is 290 g/mol. The Morgan fingerprint density at radius 3 is 2.86 bits per heavy atom. The summed E-state index contributed by atoms with van der Waals surface area (Å²) in [5.41, 5.74) is 1.10. The Morgan fingerprint density at radius 2 is 2.24 bits per heavy atom. The van der Waals surface area contributed by atoms with Crippen molar-refractivity contribution in [1.29, 1.82) is 5.26 Å². The van der Waals surface area contributed by atoms with E-state index in [0.717, 1.165) is 12.1 Å². The number of nitriles is 1. The van der Waals surface area contributed by atoms with Crippen LogP contribution in [0.25, 0.3) is 0 Å². The molecule has 1 unspecified atom stereocenters. The number of pyridine rings is 1. The van der Waals surface area contributed by atoms with Crippen LogP contribution in [-0.2, 0) is 6.54 Å². The first-order valence-corrected chi connectivity index (χ1v) is 7.48. The Balaban J connectivity index is 2.43. The summed E-state index contributed by atoms with van der Waals surface area (Å²) in [7, 11) is 0. The largest absolute Gasteiger partial charge is 0.390 e. The minimum Gasteiger partial charge on any atom is -0.390 e. The molecule has 1 heterocycles. The minimum atomic E-state index is -0.431. The number of rotatable bonds is 10. The third-order valence-corrected chi connectivity index (χ3v) is 3.07. The molecule has 0 radical (unpaired) electrons. The van der Waals surface area contributed by atoms with E-state index in [0.29, 0.717) is 38.5 Å². The average Bonchev–Trinajstić information content (AvgIpc) is 2.45. The van der Waals surface area contributed by atoms with Gasteiger partial charge in [0.2, 0.25) is 0 Å². The van der Waals surface area contributed by atoms with Gasteiger partial charge in [-0.25, -0.2) is 0 Å². The Kier molecular flexibility index (Phi) is 8.60. The molecule has 0 saturated carbocycles. The van der Waals surface area contributed by atoms with Crippen molar-refractivity contribution in [2.45, 2.75) is 32.9 Å². The van der Waals surface area contributed by atoms with E-state index >= 15 is 0 Å². The number of nitrogens with zero attached hydrogens (tertiary/aromatic N) is 3. The maximum Gasteiger partial charge on any atom is 0.0791 e. The van der Waals surface area contributed by atoms with E-state index in [1.807, 2.05) is 18.3 Å². The minimum absolute atomic E-state index is 0.431. The zero-order valence-corrected chi connectivity index (χ0v) is 13.0. The predicted molar refractivity (Wildman–Crippen MR) is 83.5 cm³/mol. The van der Waals surface area contributed by atoms with Gasteiger partial charge in [0.25, 0.3) is 0 Å². The molecule has 2 N–H and O–H groups in total. The lowest BCUT2D eigenvalue weighted by atomic mass is 10.2. The first-order valence-electron chi connectivity index (χ1n) is 7.48. The molecule has 1 rings (SSSR count). The van der Waals surface area contributed by atoms with Crippen molar-refractivity contribution in [1.82, 2.24) is 15.2 Å². The van der Waals surface area contributed by atoms with E-state index in [4.69, 9.17) is 5.26 Å². The summed E-state index contributed by atoms with van der Waals surface area (Å²) in [5, 5.41) is 22.1. The summed E-state index contributed by atoms with van der Waals surface area (Å²) in [4.78, 5) is 6.20. The molecule has 1 aromatic rings. The van der Waals surface area contributed by atoms with Crippen molar-refractivity contribution in [2.75, 3.05) is 26.2 Å². The van der Waals surface area contributed by atoms with Crippen LogP contribution in [0.15, 0.2) is 24.5 Å². The maximum absolute atomic E-state index is 10.1. The molecule has 0 amide bonds. The first kappa shape index (κ1) is 17.6. The lowest BCUT2D eigenvalue weighted by molar-refractivity contribution is 0.108. The highest BCUT2D eigenvalue weighted by Gasteiger charge is 2.12. The summed E-state index contributed by atoms with van der Waals surface area (Å²) < 4.78 is 0. The number of aliphatic hydroxyl groups is 1. The van der Waals surface area contributed by atoms with E-state index in [-0.39, 0.29) is 0 Å². The van der Waals surface area contributed by atoms with Crippen molar-refractivity contribution >= 4 is 0 Å². The number of nitrogens with one attached hydrogen (secondary N) is 1. The number of aromatic nitrogens is 1. The predicted octanol–water partition coefficient (Wildman–Crippen LogP) is 1.40. The standard InChI is InChI=1S/C16H26N4O/c1-14(2)9-19-11-16(21)13-20(8-4-6-17)12-15-5-3-7-18-10-15/h3,5,7,10,14,16,19,21H,4,8-9,11-13H2,1-2H3. The fourth-order valence-corrected chi connectivity index (χ4v) is 2.09. The van der Waals surface area contributed by atoms with Gasteiger partial charge in [-0.1, -0.05) is 19.9 Å². The number of aliphatic hydroxyl groups excluding tert-OH is 1. The lowest BCUT2D eigenvalue weighted by Gasteiger charge is -2.24. The quantitative estimate of drug-likeness (QED) is 0.681. The molecule has 21 heavy (non-hydrogen) atoms. The molecule has 116 valence electrons. The van der Waals surface area contributed by atoms with Gasteiger partial charge in [0, 0.05) is 45.0 Å². The molecule has 1 aromatic heterocycles. The smallest absolute Gasteiger partial charge is 0.0791 e. The van der Waals surface area contributed by atoms with Crippen molar-refractivity contribution in [3.05, 3.63) is 30.1 Å². The molecule has 0 aliphatic heterocycles. The van der Waals surface area contributed by atoms with Crippen molar-refractivity contribution in [3.63, 3.8) is 0 Å². The summed E-state index contributed by atoms with van der Waals surface area (Å²) >= 11 is 0. The second-order valence-electron chi connectivity index (χ2n) is 5.71. The molecule has 1 atom stereocenters. The van der Waals surface area contributed by atoms with Crippen LogP contribution in [0.4, 0.5) is 0 Å². The molecule has 0 bridgehead atoms. The fraction of sp³-hybridized carbons (Fsp3) is 0.625. The van der Waals surface area contributed by atoms with Gasteiger partial charge in [-0.05, 0) is 24.1 Å². The zero-order chi connectivity index (χ0) is 15.5. The molecule has 0 spiro atoms. The van der Waals surface area contributed by atoms with Crippen LogP contribution < -0.4 is 5.32 Å². The van der Waals surface area contributed by atoms with E-state index in [9.17, 15) is 5.11 Å². The second kappa shape index (κ2) is 10.3. The Morgan fingerprint density at radius 1 is 1.43 bits per heavy atom. The summed E-state index contributed by atoms with van der Waals surface area (Å²) in [6, 6.07) is 6.07. The van der Waals surface area contributed by atoms with Crippen LogP contribution in [0.1, 0.15) is 25.8 Å². The van der Waals surface area contributed by atoms with E-state index in [1.54, 1.807) is 6.20 Å². The summed E-state index contributed by atoms with van der Waals surface area (Å²) in [6.45, 7) is 7.68. The zero-order valence-electron chi connectivity index (χ0n) is 13.0. The molecule has 0 saturated heterocycles. The van der Waals surface area contributed by atoms with E-state index < -0.39 is 6.10 Å². The molecule has 0 aliphatic carbocycles. The first-order chi connectivity index (χ1) is 10.1. The molecule has 0 fully saturated rings. The van der Waals surface area contributed by atoms with Crippen LogP contribution in [0.5, 0.6) is 0 Å². The summed E-state index contributed by atoms with van der Waals surface area (Å²) in [5.74, 6) is 0.572. The Hall–Kier alpha value is -1.48. The Labute approximate surface area is 127 Å². The fourth-order valence-electron chi connectivity index (χ4n) is 2.09. The van der Waals surface area contributed by atoms with Gasteiger partial charge in [0.15, 0.2) is 0 Å². The molecular formula is C16H26N4O. The van der Waals surface area contributed by atoms with Crippen molar-refractivity contribution in [3.8, 4) is 6.07 Å². The number of hydrogen-bond acceptors (Lipinski definition) is 5. The van der Waals surface area contributed by atoms with Crippen LogP contribution in [0, 0.1) is 17.2 Å². The van der Waals surface area contributed by atoms with Crippen molar-refractivity contribution < 1.29 is 5.11 Å². The second-order valence-corrected chi connectivity index (χ2v) is 5.71. The van der Waals surface area contributed by atoms with Gasteiger partial charge in [-0.2, -0.15) is 5.26 Å². The third kappa shape index (κ3) is 8.41. The Bertz CT molecular complexity index is 416. The van der Waals surface area contributed by atoms with Crippen LogP contribution in [-0.4, -0.2) is 47.3 Å². The summed E-state index contributed by atoms with van der Waals surface area (Å²) in [6.07, 6.45) is 3.60. The molecular weight excluding hydrogens is 264 g/mol. The van der Waals surface area contributed by atoms with Gasteiger partial charge in [0.1, 0.15) is 0 Å². The molecule has 0 aliphatic rings. The van der Waals surface area contributed by atoms with Crippen LogP contribution >= 0.6 is 0 Å². The SMILES string of the molecule is CC(C)CNCC(O)CN(CCC#N)Cc1cccnc1. The van der Waals surface area contributed by atoms with E-state index in [2.05, 4.69) is 35.1 Å². The highest BCUT2D eigenvalue weighted by molar-refractivity contribution is 5.08. The topological polar surface area (TPSA) is 72.2 Å². The van der Waals surface area contributed by atoms with Gasteiger partial charge in [-0.15, -0.1) is 0 Å².